The normalized spacial score (nSPS) is 21.7. The van der Waals surface area contributed by atoms with Crippen molar-refractivity contribution in [2.45, 2.75) is 17.7 Å². The van der Waals surface area contributed by atoms with Gasteiger partial charge in [0.2, 0.25) is 0 Å². The zero-order chi connectivity index (χ0) is 13.9. The van der Waals surface area contributed by atoms with Gasteiger partial charge in [0, 0.05) is 25.2 Å². The molecule has 1 aliphatic heterocycles. The maximum atomic E-state index is 12.0. The summed E-state index contributed by atoms with van der Waals surface area (Å²) in [4.78, 5) is 2.08. The van der Waals surface area contributed by atoms with E-state index in [1.807, 2.05) is 7.05 Å². The van der Waals surface area contributed by atoms with Crippen LogP contribution < -0.4 is 4.72 Å². The maximum Gasteiger partial charge on any atom is 0.257 e. The molecule has 3 N–H and O–H groups in total. The van der Waals surface area contributed by atoms with E-state index in [9.17, 15) is 8.42 Å². The summed E-state index contributed by atoms with van der Waals surface area (Å²) in [7, 11) is -1.74. The number of likely N-dealkylation sites (N-methyl/N-ethyl adjacent to an activating group) is 1. The van der Waals surface area contributed by atoms with E-state index in [0.29, 0.717) is 13.2 Å². The summed E-state index contributed by atoms with van der Waals surface area (Å²) in [5.74, 6) is 0. The number of hydrogen-bond donors (Lipinski definition) is 3. The van der Waals surface area contributed by atoms with E-state index < -0.39 is 10.0 Å². The Bertz CT molecular complexity index is 515. The molecule has 2 rings (SSSR count). The lowest BCUT2D eigenvalue weighted by Crippen LogP contribution is -2.46. The summed E-state index contributed by atoms with van der Waals surface area (Å²) >= 11 is 0. The van der Waals surface area contributed by atoms with Crippen LogP contribution in [0.5, 0.6) is 0 Å². The lowest BCUT2D eigenvalue weighted by molar-refractivity contribution is -0.0156. The third-order valence-electron chi connectivity index (χ3n) is 2.96. The molecule has 9 heteroatoms. The van der Waals surface area contributed by atoms with Gasteiger partial charge in [-0.2, -0.15) is 5.10 Å². The first-order valence-corrected chi connectivity index (χ1v) is 7.44. The molecule has 8 nitrogen and oxygen atoms in total. The molecular formula is C10H18N4O4S. The molecule has 0 aromatic carbocycles. The van der Waals surface area contributed by atoms with Crippen LogP contribution in [0.15, 0.2) is 11.2 Å². The number of rotatable bonds is 5. The predicted octanol–water partition coefficient (Wildman–Crippen LogP) is -1.49. The van der Waals surface area contributed by atoms with Gasteiger partial charge in [-0.15, -0.1) is 0 Å². The second-order valence-electron chi connectivity index (χ2n) is 4.49. The number of sulfonamides is 1. The highest BCUT2D eigenvalue weighted by atomic mass is 32.2. The van der Waals surface area contributed by atoms with Crippen LogP contribution in [0.1, 0.15) is 5.56 Å². The topological polar surface area (TPSA) is 108 Å². The lowest BCUT2D eigenvalue weighted by atomic mass is 10.3. The average Bonchev–Trinajstić information content (AvgIpc) is 2.86. The highest BCUT2D eigenvalue weighted by Crippen LogP contribution is 2.12. The lowest BCUT2D eigenvalue weighted by Gasteiger charge is -2.29. The fourth-order valence-electron chi connectivity index (χ4n) is 1.91. The van der Waals surface area contributed by atoms with Gasteiger partial charge in [-0.3, -0.25) is 5.10 Å². The van der Waals surface area contributed by atoms with Crippen molar-refractivity contribution in [3.05, 3.63) is 11.8 Å². The van der Waals surface area contributed by atoms with Crippen molar-refractivity contribution in [2.75, 3.05) is 33.3 Å². The molecule has 0 spiro atoms. The van der Waals surface area contributed by atoms with E-state index >= 15 is 0 Å². The Morgan fingerprint density at radius 2 is 2.47 bits per heavy atom. The molecule has 1 atom stereocenters. The smallest absolute Gasteiger partial charge is 0.257 e. The first kappa shape index (κ1) is 14.4. The summed E-state index contributed by atoms with van der Waals surface area (Å²) in [6.07, 6.45) is 1.12. The Morgan fingerprint density at radius 3 is 3.16 bits per heavy atom. The van der Waals surface area contributed by atoms with Gasteiger partial charge in [-0.1, -0.05) is 0 Å². The molecule has 1 aliphatic rings. The van der Waals surface area contributed by atoms with Crippen LogP contribution in [0.25, 0.3) is 0 Å². The van der Waals surface area contributed by atoms with Gasteiger partial charge in [0.15, 0.2) is 5.03 Å². The molecule has 0 saturated carbocycles. The van der Waals surface area contributed by atoms with Crippen molar-refractivity contribution in [1.29, 1.82) is 0 Å². The van der Waals surface area contributed by atoms with Gasteiger partial charge >= 0.3 is 0 Å². The van der Waals surface area contributed by atoms with Crippen LogP contribution in [0.4, 0.5) is 0 Å². The van der Waals surface area contributed by atoms with Crippen LogP contribution in [0.2, 0.25) is 0 Å². The summed E-state index contributed by atoms with van der Waals surface area (Å²) in [5, 5.41) is 14.9. The highest BCUT2D eigenvalue weighted by molar-refractivity contribution is 7.89. The van der Waals surface area contributed by atoms with Gasteiger partial charge in [0.1, 0.15) is 0 Å². The Hall–Kier alpha value is -1.00. The average molecular weight is 290 g/mol. The quantitative estimate of drug-likeness (QED) is 0.610. The van der Waals surface area contributed by atoms with E-state index in [0.717, 1.165) is 6.54 Å². The first-order valence-electron chi connectivity index (χ1n) is 5.96. The van der Waals surface area contributed by atoms with Crippen LogP contribution in [0.3, 0.4) is 0 Å². The Balaban J connectivity index is 1.98. The molecule has 1 aromatic heterocycles. The second-order valence-corrected chi connectivity index (χ2v) is 6.19. The van der Waals surface area contributed by atoms with Gasteiger partial charge in [0.05, 0.1) is 25.5 Å². The van der Waals surface area contributed by atoms with Crippen molar-refractivity contribution in [2.24, 2.45) is 0 Å². The summed E-state index contributed by atoms with van der Waals surface area (Å²) < 4.78 is 32.0. The summed E-state index contributed by atoms with van der Waals surface area (Å²) in [5.41, 5.74) is 0.245. The highest BCUT2D eigenvalue weighted by Gasteiger charge is 2.24. The molecule has 0 bridgehead atoms. The summed E-state index contributed by atoms with van der Waals surface area (Å²) in [6.45, 7) is 1.93. The summed E-state index contributed by atoms with van der Waals surface area (Å²) in [6, 6.07) is 0. The molecule has 1 fully saturated rings. The predicted molar refractivity (Wildman–Crippen MR) is 66.9 cm³/mol. The van der Waals surface area contributed by atoms with Crippen LogP contribution in [0, 0.1) is 0 Å². The van der Waals surface area contributed by atoms with Crippen molar-refractivity contribution >= 4 is 10.0 Å². The molecule has 108 valence electrons. The minimum absolute atomic E-state index is 0.0980. The number of ether oxygens (including phenoxy) is 1. The van der Waals surface area contributed by atoms with E-state index in [4.69, 9.17) is 9.84 Å². The fraction of sp³-hybridized carbons (Fsp3) is 0.700. The van der Waals surface area contributed by atoms with Crippen molar-refractivity contribution in [3.8, 4) is 0 Å². The van der Waals surface area contributed by atoms with E-state index in [1.165, 1.54) is 6.20 Å². The zero-order valence-electron chi connectivity index (χ0n) is 10.7. The van der Waals surface area contributed by atoms with Gasteiger partial charge in [0.25, 0.3) is 10.0 Å². The molecular weight excluding hydrogens is 272 g/mol. The maximum absolute atomic E-state index is 12.0. The van der Waals surface area contributed by atoms with E-state index in [1.54, 1.807) is 0 Å². The van der Waals surface area contributed by atoms with Crippen molar-refractivity contribution in [1.82, 2.24) is 19.8 Å². The number of aromatic amines is 1. The number of hydrogen-bond acceptors (Lipinski definition) is 6. The van der Waals surface area contributed by atoms with Gasteiger partial charge in [-0.05, 0) is 7.05 Å². The number of nitrogens with zero attached hydrogens (tertiary/aromatic N) is 2. The molecule has 1 unspecified atom stereocenters. The van der Waals surface area contributed by atoms with Crippen LogP contribution >= 0.6 is 0 Å². The number of H-pyrrole nitrogens is 1. The largest absolute Gasteiger partial charge is 0.392 e. The Labute approximate surface area is 111 Å². The third-order valence-corrected chi connectivity index (χ3v) is 4.40. The molecule has 19 heavy (non-hydrogen) atoms. The fourth-order valence-corrected chi connectivity index (χ4v) is 3.09. The molecule has 2 heterocycles. The monoisotopic (exact) mass is 290 g/mol. The van der Waals surface area contributed by atoms with Crippen molar-refractivity contribution < 1.29 is 18.3 Å². The van der Waals surface area contributed by atoms with Crippen molar-refractivity contribution in [3.63, 3.8) is 0 Å². The second kappa shape index (κ2) is 5.97. The molecule has 1 saturated heterocycles. The standard InChI is InChI=1S/C10H18N4O4S/c1-14-2-3-18-9(6-14)5-12-19(16,17)10-8(7-15)4-11-13-10/h4,9,12,15H,2-3,5-7H2,1H3,(H,11,13). The minimum atomic E-state index is -3.70. The number of nitrogens with one attached hydrogen (secondary N) is 2. The number of aliphatic hydroxyl groups excluding tert-OH is 1. The minimum Gasteiger partial charge on any atom is -0.392 e. The zero-order valence-corrected chi connectivity index (χ0v) is 11.5. The van der Waals surface area contributed by atoms with Crippen LogP contribution in [-0.2, 0) is 21.4 Å². The van der Waals surface area contributed by atoms with E-state index in [-0.39, 0.29) is 29.8 Å². The molecule has 1 aromatic rings. The van der Waals surface area contributed by atoms with E-state index in [2.05, 4.69) is 19.8 Å². The molecule has 0 amide bonds. The van der Waals surface area contributed by atoms with Gasteiger partial charge in [-0.25, -0.2) is 13.1 Å². The molecule has 0 radical (unpaired) electrons. The van der Waals surface area contributed by atoms with Gasteiger partial charge < -0.3 is 14.7 Å². The number of aliphatic hydroxyl groups is 1. The number of morpholine rings is 1. The molecule has 0 aliphatic carbocycles. The third kappa shape index (κ3) is 3.51. The van der Waals surface area contributed by atoms with Crippen LogP contribution in [-0.4, -0.2) is 68.0 Å². The first-order chi connectivity index (χ1) is 9.03. The Morgan fingerprint density at radius 1 is 1.68 bits per heavy atom. The Kier molecular flexibility index (Phi) is 4.53. The number of aromatic nitrogens is 2. The SMILES string of the molecule is CN1CCOC(CNS(=O)(=O)c2[nH]ncc2CO)C1.